The van der Waals surface area contributed by atoms with Crippen LogP contribution in [0, 0.1) is 0 Å². The van der Waals surface area contributed by atoms with Gasteiger partial charge in [0.2, 0.25) is 0 Å². The van der Waals surface area contributed by atoms with Crippen LogP contribution in [0.1, 0.15) is 51.1 Å². The second-order valence-electron chi connectivity index (χ2n) is 5.72. The first kappa shape index (κ1) is 15.3. The number of β-amino-alcohol motifs (C(OH)–C–C–N with tert-alkyl or cyclic N) is 1. The monoisotopic (exact) mass is 276 g/mol. The summed E-state index contributed by atoms with van der Waals surface area (Å²) in [5.74, 6) is 0. The number of anilines is 1. The maximum Gasteiger partial charge on any atom is 0.0715 e. The first-order valence-electron chi connectivity index (χ1n) is 8.01. The molecule has 1 fully saturated rings. The molecule has 2 N–H and O–H groups in total. The van der Waals surface area contributed by atoms with Gasteiger partial charge in [-0.25, -0.2) is 0 Å². The number of nitrogens with zero attached hydrogens (tertiary/aromatic N) is 1. The van der Waals surface area contributed by atoms with Crippen molar-refractivity contribution in [1.82, 2.24) is 5.32 Å². The summed E-state index contributed by atoms with van der Waals surface area (Å²) in [6, 6.07) is 9.06. The third-order valence-electron chi connectivity index (χ3n) is 4.10. The number of piperidine rings is 1. The molecule has 2 unspecified atom stereocenters. The highest BCUT2D eigenvalue weighted by atomic mass is 16.3. The molecule has 1 aromatic carbocycles. The average Bonchev–Trinajstić information content (AvgIpc) is 2.48. The van der Waals surface area contributed by atoms with Gasteiger partial charge in [0.1, 0.15) is 0 Å². The van der Waals surface area contributed by atoms with Gasteiger partial charge >= 0.3 is 0 Å². The minimum Gasteiger partial charge on any atom is -0.391 e. The van der Waals surface area contributed by atoms with Crippen LogP contribution in [0.4, 0.5) is 5.69 Å². The van der Waals surface area contributed by atoms with E-state index >= 15 is 0 Å². The van der Waals surface area contributed by atoms with Crippen molar-refractivity contribution in [3.63, 3.8) is 0 Å². The fourth-order valence-electron chi connectivity index (χ4n) is 3.04. The highest BCUT2D eigenvalue weighted by molar-refractivity contribution is 5.55. The minimum atomic E-state index is -0.180. The lowest BCUT2D eigenvalue weighted by Crippen LogP contribution is -2.39. The molecule has 1 aliphatic heterocycles. The van der Waals surface area contributed by atoms with Crippen molar-refractivity contribution in [1.29, 1.82) is 0 Å². The molecule has 1 saturated heterocycles. The van der Waals surface area contributed by atoms with Gasteiger partial charge in [-0.15, -0.1) is 0 Å². The van der Waals surface area contributed by atoms with Crippen molar-refractivity contribution >= 4 is 5.69 Å². The molecular formula is C17H28N2O. The smallest absolute Gasteiger partial charge is 0.0715 e. The predicted octanol–water partition coefficient (Wildman–Crippen LogP) is 3.10. The zero-order valence-electron chi connectivity index (χ0n) is 12.8. The Balaban J connectivity index is 2.19. The van der Waals surface area contributed by atoms with Crippen molar-refractivity contribution in [3.05, 3.63) is 29.8 Å². The largest absolute Gasteiger partial charge is 0.391 e. The lowest BCUT2D eigenvalue weighted by Gasteiger charge is -2.34. The lowest BCUT2D eigenvalue weighted by atomic mass is 9.99. The number of para-hydroxylation sites is 1. The minimum absolute atomic E-state index is 0.180. The first-order valence-corrected chi connectivity index (χ1v) is 8.01. The Bertz CT molecular complexity index is 408. The molecule has 0 radical (unpaired) electrons. The van der Waals surface area contributed by atoms with E-state index in [4.69, 9.17) is 0 Å². The van der Waals surface area contributed by atoms with Crippen molar-refractivity contribution in [2.75, 3.05) is 24.5 Å². The Labute approximate surface area is 123 Å². The van der Waals surface area contributed by atoms with Gasteiger partial charge in [0, 0.05) is 24.8 Å². The van der Waals surface area contributed by atoms with Crippen LogP contribution in [0.3, 0.4) is 0 Å². The van der Waals surface area contributed by atoms with Gasteiger partial charge in [-0.2, -0.15) is 0 Å². The summed E-state index contributed by atoms with van der Waals surface area (Å²) in [5, 5.41) is 13.5. The van der Waals surface area contributed by atoms with E-state index in [-0.39, 0.29) is 6.10 Å². The molecule has 2 rings (SSSR count). The number of aliphatic hydroxyl groups is 1. The standard InChI is InChI=1S/C17H28N2O/c1-3-11-18-16(4-2)15-9-5-6-10-17(15)19-12-7-8-14(20)13-19/h5-6,9-10,14,16,18,20H,3-4,7-8,11-13H2,1-2H3. The third kappa shape index (κ3) is 3.74. The van der Waals surface area contributed by atoms with Gasteiger partial charge < -0.3 is 15.3 Å². The second-order valence-corrected chi connectivity index (χ2v) is 5.72. The van der Waals surface area contributed by atoms with Crippen LogP contribution in [-0.2, 0) is 0 Å². The fraction of sp³-hybridized carbons (Fsp3) is 0.647. The molecule has 0 amide bonds. The third-order valence-corrected chi connectivity index (χ3v) is 4.10. The van der Waals surface area contributed by atoms with E-state index in [9.17, 15) is 5.11 Å². The SMILES string of the molecule is CCCNC(CC)c1ccccc1N1CCCC(O)C1. The topological polar surface area (TPSA) is 35.5 Å². The van der Waals surface area contributed by atoms with E-state index in [0.717, 1.165) is 45.3 Å². The van der Waals surface area contributed by atoms with Crippen LogP contribution < -0.4 is 10.2 Å². The molecule has 2 atom stereocenters. The Morgan fingerprint density at radius 3 is 2.85 bits per heavy atom. The predicted molar refractivity (Wildman–Crippen MR) is 85.2 cm³/mol. The summed E-state index contributed by atoms with van der Waals surface area (Å²) < 4.78 is 0. The number of benzene rings is 1. The van der Waals surface area contributed by atoms with Crippen LogP contribution in [-0.4, -0.2) is 30.8 Å². The fourth-order valence-corrected chi connectivity index (χ4v) is 3.04. The Morgan fingerprint density at radius 1 is 1.35 bits per heavy atom. The number of rotatable bonds is 6. The maximum absolute atomic E-state index is 9.91. The van der Waals surface area contributed by atoms with E-state index in [1.807, 2.05) is 0 Å². The average molecular weight is 276 g/mol. The van der Waals surface area contributed by atoms with Crippen LogP contribution in [0.5, 0.6) is 0 Å². The maximum atomic E-state index is 9.91. The second kappa shape index (κ2) is 7.65. The molecule has 0 saturated carbocycles. The van der Waals surface area contributed by atoms with Gasteiger partial charge in [-0.05, 0) is 43.9 Å². The van der Waals surface area contributed by atoms with Gasteiger partial charge in [0.05, 0.1) is 6.10 Å². The summed E-state index contributed by atoms with van der Waals surface area (Å²) in [7, 11) is 0. The van der Waals surface area contributed by atoms with E-state index in [1.54, 1.807) is 0 Å². The zero-order valence-corrected chi connectivity index (χ0v) is 12.8. The summed E-state index contributed by atoms with van der Waals surface area (Å²) >= 11 is 0. The van der Waals surface area contributed by atoms with Crippen LogP contribution >= 0.6 is 0 Å². The summed E-state index contributed by atoms with van der Waals surface area (Å²) in [6.45, 7) is 7.30. The molecule has 1 aliphatic rings. The molecule has 0 bridgehead atoms. The summed E-state index contributed by atoms with van der Waals surface area (Å²) in [5.41, 5.74) is 2.67. The van der Waals surface area contributed by atoms with Crippen molar-refractivity contribution in [2.24, 2.45) is 0 Å². The molecule has 3 heteroatoms. The van der Waals surface area contributed by atoms with Crippen molar-refractivity contribution in [2.45, 2.75) is 51.7 Å². The summed E-state index contributed by atoms with van der Waals surface area (Å²) in [6.07, 6.45) is 4.08. The van der Waals surface area contributed by atoms with Crippen molar-refractivity contribution in [3.8, 4) is 0 Å². The Kier molecular flexibility index (Phi) is 5.86. The number of hydrogen-bond acceptors (Lipinski definition) is 3. The van der Waals surface area contributed by atoms with E-state index in [1.165, 1.54) is 11.3 Å². The number of nitrogens with one attached hydrogen (secondary N) is 1. The molecule has 0 spiro atoms. The lowest BCUT2D eigenvalue weighted by molar-refractivity contribution is 0.154. The van der Waals surface area contributed by atoms with Gasteiger partial charge in [0.15, 0.2) is 0 Å². The van der Waals surface area contributed by atoms with Crippen LogP contribution in [0.15, 0.2) is 24.3 Å². The quantitative estimate of drug-likeness (QED) is 0.838. The van der Waals surface area contributed by atoms with Crippen LogP contribution in [0.2, 0.25) is 0 Å². The van der Waals surface area contributed by atoms with Crippen LogP contribution in [0.25, 0.3) is 0 Å². The van der Waals surface area contributed by atoms with E-state index in [0.29, 0.717) is 6.04 Å². The summed E-state index contributed by atoms with van der Waals surface area (Å²) in [4.78, 5) is 2.35. The number of aliphatic hydroxyl groups excluding tert-OH is 1. The molecular weight excluding hydrogens is 248 g/mol. The highest BCUT2D eigenvalue weighted by Crippen LogP contribution is 2.30. The van der Waals surface area contributed by atoms with E-state index in [2.05, 4.69) is 48.3 Å². The normalized spacial score (nSPS) is 20.9. The first-order chi connectivity index (χ1) is 9.76. The number of hydrogen-bond donors (Lipinski definition) is 2. The molecule has 112 valence electrons. The molecule has 1 heterocycles. The molecule has 20 heavy (non-hydrogen) atoms. The Hall–Kier alpha value is -1.06. The Morgan fingerprint density at radius 2 is 2.15 bits per heavy atom. The molecule has 3 nitrogen and oxygen atoms in total. The molecule has 0 aromatic heterocycles. The molecule has 0 aliphatic carbocycles. The van der Waals surface area contributed by atoms with Crippen molar-refractivity contribution < 1.29 is 5.11 Å². The van der Waals surface area contributed by atoms with Gasteiger partial charge in [-0.3, -0.25) is 0 Å². The van der Waals surface area contributed by atoms with E-state index < -0.39 is 0 Å². The van der Waals surface area contributed by atoms with Gasteiger partial charge in [-0.1, -0.05) is 32.0 Å². The zero-order chi connectivity index (χ0) is 14.4. The highest BCUT2D eigenvalue weighted by Gasteiger charge is 2.22. The van der Waals surface area contributed by atoms with Gasteiger partial charge in [0.25, 0.3) is 0 Å². The molecule has 1 aromatic rings.